The van der Waals surface area contributed by atoms with Crippen molar-refractivity contribution in [2.75, 3.05) is 31.7 Å². The molecule has 0 aliphatic rings. The van der Waals surface area contributed by atoms with Crippen LogP contribution < -0.4 is 10.6 Å². The summed E-state index contributed by atoms with van der Waals surface area (Å²) in [7, 11) is -4.33. The minimum Gasteiger partial charge on any atom is -0.383 e. The molecule has 4 N–H and O–H groups in total. The van der Waals surface area contributed by atoms with Gasteiger partial charge in [-0.1, -0.05) is 13.8 Å². The second kappa shape index (κ2) is 11.4. The Morgan fingerprint density at radius 2 is 1.74 bits per heavy atom. The number of phosphoric ester groups is 1. The standard InChI is InChI=1S/C16H33N2O7PS/c1-15(2,3)25-26(22,23)24-11-16(4,5)13(20)14(21)18-8-7-12(19)17-9-10-27-6/h13,20H,7-11H2,1-6H3,(H,17,19)(H,18,21)(H,22,23). The molecule has 0 saturated carbocycles. The van der Waals surface area contributed by atoms with Crippen molar-refractivity contribution in [1.29, 1.82) is 0 Å². The van der Waals surface area contributed by atoms with Crippen molar-refractivity contribution in [2.45, 2.75) is 52.7 Å². The van der Waals surface area contributed by atoms with E-state index < -0.39 is 30.8 Å². The number of phosphoric acid groups is 1. The number of carbonyl (C=O) groups is 2. The maximum Gasteiger partial charge on any atom is 0.472 e. The number of rotatable bonds is 12. The molecule has 160 valence electrons. The molecule has 0 aliphatic carbocycles. The maximum absolute atomic E-state index is 12.1. The predicted molar refractivity (Wildman–Crippen MR) is 105 cm³/mol. The first kappa shape index (κ1) is 26.4. The highest BCUT2D eigenvalue weighted by molar-refractivity contribution is 7.98. The van der Waals surface area contributed by atoms with Crippen LogP contribution in [0.2, 0.25) is 0 Å². The van der Waals surface area contributed by atoms with E-state index in [1.807, 2.05) is 6.26 Å². The van der Waals surface area contributed by atoms with Crippen LogP contribution in [-0.2, 0) is 23.2 Å². The largest absolute Gasteiger partial charge is 0.472 e. The van der Waals surface area contributed by atoms with Crippen LogP contribution in [-0.4, -0.2) is 65.2 Å². The van der Waals surface area contributed by atoms with Crippen molar-refractivity contribution in [3.05, 3.63) is 0 Å². The third-order valence-electron chi connectivity index (χ3n) is 3.26. The molecule has 0 heterocycles. The highest BCUT2D eigenvalue weighted by Gasteiger charge is 2.38. The first-order valence-corrected chi connectivity index (χ1v) is 11.5. The third-order valence-corrected chi connectivity index (χ3v) is 5.10. The van der Waals surface area contributed by atoms with Gasteiger partial charge in [-0.25, -0.2) is 4.57 Å². The first-order valence-electron chi connectivity index (χ1n) is 8.60. The van der Waals surface area contributed by atoms with Gasteiger partial charge >= 0.3 is 7.82 Å². The zero-order valence-electron chi connectivity index (χ0n) is 16.9. The summed E-state index contributed by atoms with van der Waals surface area (Å²) in [5, 5.41) is 15.4. The molecule has 2 atom stereocenters. The smallest absolute Gasteiger partial charge is 0.383 e. The molecule has 0 spiro atoms. The van der Waals surface area contributed by atoms with Gasteiger partial charge in [0, 0.05) is 30.7 Å². The zero-order chi connectivity index (χ0) is 21.3. The van der Waals surface area contributed by atoms with Crippen LogP contribution in [0.4, 0.5) is 0 Å². The SMILES string of the molecule is CSCCNC(=O)CCNC(=O)C(O)C(C)(C)COP(=O)(O)OC(C)(C)C. The van der Waals surface area contributed by atoms with E-state index in [1.165, 1.54) is 13.8 Å². The third kappa shape index (κ3) is 12.4. The van der Waals surface area contributed by atoms with Gasteiger partial charge in [-0.15, -0.1) is 0 Å². The van der Waals surface area contributed by atoms with E-state index in [-0.39, 0.29) is 25.5 Å². The fourth-order valence-electron chi connectivity index (χ4n) is 1.83. The molecule has 2 amide bonds. The molecule has 0 aromatic heterocycles. The molecule has 0 saturated heterocycles. The molecule has 9 nitrogen and oxygen atoms in total. The number of aliphatic hydroxyl groups excluding tert-OH is 1. The maximum atomic E-state index is 12.1. The average Bonchev–Trinajstić information content (AvgIpc) is 2.50. The molecule has 0 fully saturated rings. The normalized spacial score (nSPS) is 15.7. The summed E-state index contributed by atoms with van der Waals surface area (Å²) < 4.78 is 21.8. The summed E-state index contributed by atoms with van der Waals surface area (Å²) >= 11 is 1.61. The van der Waals surface area contributed by atoms with Crippen molar-refractivity contribution in [2.24, 2.45) is 5.41 Å². The summed E-state index contributed by atoms with van der Waals surface area (Å²) in [5.74, 6) is -0.0782. The van der Waals surface area contributed by atoms with Crippen LogP contribution in [0.15, 0.2) is 0 Å². The molecule has 0 aromatic carbocycles. The van der Waals surface area contributed by atoms with Gasteiger partial charge in [-0.3, -0.25) is 18.6 Å². The molecular weight excluding hydrogens is 395 g/mol. The number of hydrogen-bond donors (Lipinski definition) is 4. The average molecular weight is 428 g/mol. The summed E-state index contributed by atoms with van der Waals surface area (Å²) in [6, 6.07) is 0. The highest BCUT2D eigenvalue weighted by atomic mass is 32.2. The van der Waals surface area contributed by atoms with E-state index in [0.29, 0.717) is 6.54 Å². The lowest BCUT2D eigenvalue weighted by atomic mass is 9.87. The topological polar surface area (TPSA) is 134 Å². The lowest BCUT2D eigenvalue weighted by molar-refractivity contribution is -0.137. The number of hydrogen-bond acceptors (Lipinski definition) is 7. The lowest BCUT2D eigenvalue weighted by Gasteiger charge is -2.31. The minimum atomic E-state index is -4.33. The Morgan fingerprint density at radius 1 is 1.15 bits per heavy atom. The van der Waals surface area contributed by atoms with E-state index in [0.717, 1.165) is 5.75 Å². The molecule has 0 aliphatic heterocycles. The Balaban J connectivity index is 4.42. The van der Waals surface area contributed by atoms with Gasteiger partial charge in [-0.2, -0.15) is 11.8 Å². The number of nitrogens with one attached hydrogen (secondary N) is 2. The molecule has 27 heavy (non-hydrogen) atoms. The van der Waals surface area contributed by atoms with Crippen LogP contribution in [0.1, 0.15) is 41.0 Å². The van der Waals surface area contributed by atoms with Gasteiger partial charge in [-0.05, 0) is 27.0 Å². The summed E-state index contributed by atoms with van der Waals surface area (Å²) in [5.41, 5.74) is -2.04. The van der Waals surface area contributed by atoms with E-state index in [4.69, 9.17) is 9.05 Å². The van der Waals surface area contributed by atoms with Crippen LogP contribution >= 0.6 is 19.6 Å². The van der Waals surface area contributed by atoms with E-state index in [1.54, 1.807) is 32.5 Å². The molecule has 11 heteroatoms. The van der Waals surface area contributed by atoms with Crippen molar-refractivity contribution < 1.29 is 33.2 Å². The lowest BCUT2D eigenvalue weighted by Crippen LogP contribution is -2.46. The Labute approximate surface area is 165 Å². The number of thioether (sulfide) groups is 1. The summed E-state index contributed by atoms with van der Waals surface area (Å²) in [6.45, 7) is 8.09. The van der Waals surface area contributed by atoms with E-state index in [2.05, 4.69) is 10.6 Å². The van der Waals surface area contributed by atoms with Crippen molar-refractivity contribution in [1.82, 2.24) is 10.6 Å². The highest BCUT2D eigenvalue weighted by Crippen LogP contribution is 2.48. The minimum absolute atomic E-state index is 0.0730. The van der Waals surface area contributed by atoms with Crippen LogP contribution in [0.3, 0.4) is 0 Å². The Morgan fingerprint density at radius 3 is 2.26 bits per heavy atom. The van der Waals surface area contributed by atoms with Crippen LogP contribution in [0.5, 0.6) is 0 Å². The molecule has 2 unspecified atom stereocenters. The number of amides is 2. The fourth-order valence-corrected chi connectivity index (χ4v) is 3.38. The number of carbonyl (C=O) groups excluding carboxylic acids is 2. The summed E-state index contributed by atoms with van der Waals surface area (Å²) in [6.07, 6.45) is 0.533. The van der Waals surface area contributed by atoms with Crippen LogP contribution in [0.25, 0.3) is 0 Å². The van der Waals surface area contributed by atoms with Crippen molar-refractivity contribution in [3.63, 3.8) is 0 Å². The molecular formula is C16H33N2O7PS. The van der Waals surface area contributed by atoms with Crippen molar-refractivity contribution in [3.8, 4) is 0 Å². The molecule has 0 bridgehead atoms. The second-order valence-corrected chi connectivity index (χ2v) is 10.1. The van der Waals surface area contributed by atoms with Gasteiger partial charge in [0.2, 0.25) is 11.8 Å². The van der Waals surface area contributed by atoms with Gasteiger partial charge in [0.05, 0.1) is 12.2 Å². The molecule has 0 aromatic rings. The quantitative estimate of drug-likeness (QED) is 0.270. The molecule has 0 rings (SSSR count). The van der Waals surface area contributed by atoms with Gasteiger partial charge in [0.15, 0.2) is 0 Å². The Kier molecular flexibility index (Phi) is 11.1. The van der Waals surface area contributed by atoms with Gasteiger partial charge < -0.3 is 20.6 Å². The number of aliphatic hydroxyl groups is 1. The Bertz CT molecular complexity index is 537. The van der Waals surface area contributed by atoms with E-state index >= 15 is 0 Å². The van der Waals surface area contributed by atoms with Gasteiger partial charge in [0.1, 0.15) is 6.10 Å². The zero-order valence-corrected chi connectivity index (χ0v) is 18.6. The first-order chi connectivity index (χ1) is 12.2. The molecule has 0 radical (unpaired) electrons. The summed E-state index contributed by atoms with van der Waals surface area (Å²) in [4.78, 5) is 33.3. The van der Waals surface area contributed by atoms with Crippen molar-refractivity contribution >= 4 is 31.4 Å². The second-order valence-electron chi connectivity index (χ2n) is 7.72. The predicted octanol–water partition coefficient (Wildman–Crippen LogP) is 1.29. The monoisotopic (exact) mass is 428 g/mol. The van der Waals surface area contributed by atoms with Crippen LogP contribution in [0, 0.1) is 5.41 Å². The van der Waals surface area contributed by atoms with Gasteiger partial charge in [0.25, 0.3) is 0 Å². The van der Waals surface area contributed by atoms with E-state index in [9.17, 15) is 24.2 Å². The Hall–Kier alpha value is -0.640. The fraction of sp³-hybridized carbons (Fsp3) is 0.875.